The summed E-state index contributed by atoms with van der Waals surface area (Å²) in [5, 5.41) is 3.05. The van der Waals surface area contributed by atoms with Crippen molar-refractivity contribution in [2.45, 2.75) is 4.90 Å². The summed E-state index contributed by atoms with van der Waals surface area (Å²) in [5.41, 5.74) is 2.49. The molecule has 1 heterocycles. The Morgan fingerprint density at radius 1 is 0.938 bits per heavy atom. The van der Waals surface area contributed by atoms with Crippen molar-refractivity contribution >= 4 is 48.7 Å². The lowest BCUT2D eigenvalue weighted by Gasteiger charge is -2.04. The summed E-state index contributed by atoms with van der Waals surface area (Å²) < 4.78 is 37.9. The number of carbonyl (C=O) groups is 1. The Labute approximate surface area is 197 Å². The van der Waals surface area contributed by atoms with E-state index in [-0.39, 0.29) is 21.6 Å². The fourth-order valence-electron chi connectivity index (χ4n) is 2.99. The lowest BCUT2D eigenvalue weighted by atomic mass is 10.1. The maximum Gasteiger partial charge on any atom is 0.284 e. The number of benzene rings is 3. The average Bonchev–Trinajstić information content (AvgIpc) is 3.21. The molecule has 0 aliphatic heterocycles. The van der Waals surface area contributed by atoms with Crippen LogP contribution >= 0.6 is 27.3 Å². The molecule has 1 aromatic heterocycles. The minimum atomic E-state index is -3.34. The highest BCUT2D eigenvalue weighted by Gasteiger charge is 2.20. The number of amides is 1. The molecule has 0 unspecified atom stereocenters. The molecule has 4 rings (SSSR count). The van der Waals surface area contributed by atoms with Crippen molar-refractivity contribution in [2.24, 2.45) is 0 Å². The largest absolute Gasteiger partial charge is 0.320 e. The van der Waals surface area contributed by atoms with Gasteiger partial charge in [0.15, 0.2) is 14.8 Å². The zero-order valence-corrected chi connectivity index (χ0v) is 19.9. The van der Waals surface area contributed by atoms with Crippen LogP contribution in [0.2, 0.25) is 0 Å². The minimum Gasteiger partial charge on any atom is -0.320 e. The number of nitrogens with zero attached hydrogens (tertiary/aromatic N) is 1. The molecule has 0 aliphatic carbocycles. The van der Waals surface area contributed by atoms with Gasteiger partial charge in [0.2, 0.25) is 0 Å². The van der Waals surface area contributed by atoms with Crippen LogP contribution in [-0.2, 0) is 9.84 Å². The Morgan fingerprint density at radius 2 is 1.53 bits per heavy atom. The third kappa shape index (κ3) is 4.95. The molecule has 1 N–H and O–H groups in total. The van der Waals surface area contributed by atoms with E-state index in [4.69, 9.17) is 0 Å². The topological polar surface area (TPSA) is 76.1 Å². The van der Waals surface area contributed by atoms with Crippen LogP contribution in [0.25, 0.3) is 21.7 Å². The van der Waals surface area contributed by atoms with Gasteiger partial charge in [-0.15, -0.1) is 11.3 Å². The van der Waals surface area contributed by atoms with Crippen LogP contribution in [0.15, 0.2) is 82.2 Å². The number of halogens is 2. The van der Waals surface area contributed by atoms with Gasteiger partial charge in [0.1, 0.15) is 5.82 Å². The van der Waals surface area contributed by atoms with Crippen LogP contribution in [0.1, 0.15) is 9.80 Å². The van der Waals surface area contributed by atoms with E-state index in [0.29, 0.717) is 27.4 Å². The highest BCUT2D eigenvalue weighted by Crippen LogP contribution is 2.37. The molecular formula is C23H16BrFN2O3S2. The van der Waals surface area contributed by atoms with Crippen molar-refractivity contribution in [3.05, 3.63) is 88.1 Å². The third-order valence-corrected chi connectivity index (χ3v) is 7.35. The second kappa shape index (κ2) is 8.93. The number of rotatable bonds is 5. The summed E-state index contributed by atoms with van der Waals surface area (Å²) in [5.74, 6) is -0.754. The molecule has 0 saturated carbocycles. The van der Waals surface area contributed by atoms with E-state index in [2.05, 4.69) is 26.2 Å². The van der Waals surface area contributed by atoms with Crippen molar-refractivity contribution in [1.29, 1.82) is 0 Å². The molecule has 0 aliphatic rings. The number of anilines is 1. The Hall–Kier alpha value is -2.88. The van der Waals surface area contributed by atoms with Crippen LogP contribution in [0.3, 0.4) is 0 Å². The minimum absolute atomic E-state index is 0.197. The Morgan fingerprint density at radius 3 is 2.12 bits per heavy atom. The number of sulfone groups is 1. The van der Waals surface area contributed by atoms with Gasteiger partial charge < -0.3 is 5.32 Å². The molecule has 0 radical (unpaired) electrons. The van der Waals surface area contributed by atoms with E-state index in [1.54, 1.807) is 36.4 Å². The number of nitrogens with one attached hydrogen (secondary N) is 1. The van der Waals surface area contributed by atoms with Gasteiger partial charge in [0.05, 0.1) is 15.5 Å². The van der Waals surface area contributed by atoms with Crippen molar-refractivity contribution in [3.8, 4) is 21.7 Å². The summed E-state index contributed by atoms with van der Waals surface area (Å²) >= 11 is 4.54. The van der Waals surface area contributed by atoms with Gasteiger partial charge >= 0.3 is 0 Å². The molecule has 0 spiro atoms. The Balaban J connectivity index is 1.75. The molecule has 0 fully saturated rings. The van der Waals surface area contributed by atoms with E-state index >= 15 is 0 Å². The Kier molecular flexibility index (Phi) is 6.23. The second-order valence-corrected chi connectivity index (χ2v) is 10.9. The van der Waals surface area contributed by atoms with Crippen LogP contribution in [0.5, 0.6) is 0 Å². The fraction of sp³-hybridized carbons (Fsp3) is 0.0435. The zero-order valence-electron chi connectivity index (χ0n) is 16.7. The third-order valence-electron chi connectivity index (χ3n) is 4.59. The van der Waals surface area contributed by atoms with Crippen LogP contribution in [-0.4, -0.2) is 25.6 Å². The zero-order chi connectivity index (χ0) is 22.9. The number of hydrogen-bond donors (Lipinski definition) is 1. The van der Waals surface area contributed by atoms with Crippen molar-refractivity contribution in [1.82, 2.24) is 4.98 Å². The lowest BCUT2D eigenvalue weighted by Crippen LogP contribution is -2.11. The van der Waals surface area contributed by atoms with Gasteiger partial charge in [0.25, 0.3) is 5.91 Å². The summed E-state index contributed by atoms with van der Waals surface area (Å²) in [6.07, 6.45) is 1.14. The first kappa shape index (κ1) is 22.3. The molecule has 5 nitrogen and oxygen atoms in total. The molecule has 4 aromatic rings. The maximum atomic E-state index is 13.4. The molecule has 0 atom stereocenters. The van der Waals surface area contributed by atoms with Crippen molar-refractivity contribution < 1.29 is 17.6 Å². The molecule has 0 bridgehead atoms. The molecule has 0 saturated heterocycles. The van der Waals surface area contributed by atoms with Crippen molar-refractivity contribution in [2.75, 3.05) is 11.6 Å². The molecular weight excluding hydrogens is 515 g/mol. The maximum absolute atomic E-state index is 13.4. The predicted octanol–water partition coefficient (Wildman–Crippen LogP) is 6.03. The highest BCUT2D eigenvalue weighted by atomic mass is 79.9. The highest BCUT2D eigenvalue weighted by molar-refractivity contribution is 9.10. The van der Waals surface area contributed by atoms with E-state index in [0.717, 1.165) is 10.7 Å². The van der Waals surface area contributed by atoms with Gasteiger partial charge in [-0.25, -0.2) is 17.8 Å². The smallest absolute Gasteiger partial charge is 0.284 e. The molecule has 1 amide bonds. The lowest BCUT2D eigenvalue weighted by molar-refractivity contribution is 0.102. The predicted molar refractivity (Wildman–Crippen MR) is 128 cm³/mol. The van der Waals surface area contributed by atoms with Gasteiger partial charge in [-0.3, -0.25) is 4.79 Å². The van der Waals surface area contributed by atoms with Crippen LogP contribution in [0, 0.1) is 5.82 Å². The summed E-state index contributed by atoms with van der Waals surface area (Å²) in [6.45, 7) is 0. The average molecular weight is 531 g/mol. The molecule has 3 aromatic carbocycles. The van der Waals surface area contributed by atoms with E-state index < -0.39 is 9.84 Å². The van der Waals surface area contributed by atoms with Crippen LogP contribution < -0.4 is 5.32 Å². The summed E-state index contributed by atoms with van der Waals surface area (Å²) in [7, 11) is -3.34. The van der Waals surface area contributed by atoms with Crippen LogP contribution in [0.4, 0.5) is 10.1 Å². The van der Waals surface area contributed by atoms with E-state index in [1.807, 2.05) is 12.1 Å². The number of hydrogen-bond acceptors (Lipinski definition) is 5. The number of thiazole rings is 1. The summed E-state index contributed by atoms with van der Waals surface area (Å²) in [6, 6.07) is 19.4. The van der Waals surface area contributed by atoms with Gasteiger partial charge in [-0.05, 0) is 66.2 Å². The van der Waals surface area contributed by atoms with E-state index in [9.17, 15) is 17.6 Å². The first-order chi connectivity index (χ1) is 15.2. The van der Waals surface area contributed by atoms with Gasteiger partial charge in [0, 0.05) is 22.0 Å². The Bertz CT molecular complexity index is 1380. The van der Waals surface area contributed by atoms with Gasteiger partial charge in [-0.1, -0.05) is 28.1 Å². The SMILES string of the molecule is CS(=O)(=O)c1ccc(-c2sc(C(=O)Nc3ccc(Br)cc3)nc2-c2ccc(F)cc2)cc1. The van der Waals surface area contributed by atoms with Gasteiger partial charge in [-0.2, -0.15) is 0 Å². The number of carbonyl (C=O) groups excluding carboxylic acids is 1. The van der Waals surface area contributed by atoms with E-state index in [1.165, 1.54) is 35.6 Å². The second-order valence-electron chi connectivity index (χ2n) is 6.96. The number of aromatic nitrogens is 1. The molecule has 9 heteroatoms. The monoisotopic (exact) mass is 530 g/mol. The normalized spacial score (nSPS) is 11.3. The quantitative estimate of drug-likeness (QED) is 0.341. The summed E-state index contributed by atoms with van der Waals surface area (Å²) in [4.78, 5) is 18.3. The van der Waals surface area contributed by atoms with Crippen molar-refractivity contribution in [3.63, 3.8) is 0 Å². The molecule has 32 heavy (non-hydrogen) atoms. The fourth-order valence-corrected chi connectivity index (χ4v) is 4.87. The first-order valence-electron chi connectivity index (χ1n) is 9.35. The standard InChI is InChI=1S/C23H16BrFN2O3S2/c1-32(29,30)19-12-4-15(5-13-19)21-20(14-2-8-17(25)9-3-14)27-23(31-21)22(28)26-18-10-6-16(24)7-11-18/h2-13H,1H3,(H,26,28). The first-order valence-corrected chi connectivity index (χ1v) is 12.8. The molecule has 162 valence electrons.